The zero-order valence-electron chi connectivity index (χ0n) is 8.85. The van der Waals surface area contributed by atoms with Gasteiger partial charge in [0.05, 0.1) is 0 Å². The SMILES string of the molecule is CCCCC[N+](Cl)(Cl)C(C)(C)C(=O)[O-]. The number of quaternary nitrogens is 1. The van der Waals surface area contributed by atoms with Gasteiger partial charge in [0.25, 0.3) is 0 Å². The highest BCUT2D eigenvalue weighted by Gasteiger charge is 2.44. The maximum absolute atomic E-state index is 10.8. The molecule has 0 aliphatic carbocycles. The predicted molar refractivity (Wildman–Crippen MR) is 55.4 cm³/mol. The molecule has 0 spiro atoms. The van der Waals surface area contributed by atoms with Crippen molar-refractivity contribution in [2.45, 2.75) is 45.6 Å². The van der Waals surface area contributed by atoms with Gasteiger partial charge in [-0.1, -0.05) is 13.3 Å². The van der Waals surface area contributed by atoms with Crippen LogP contribution in [0, 0.1) is 0 Å². The third kappa shape index (κ3) is 3.30. The fourth-order valence-electron chi connectivity index (χ4n) is 0.973. The van der Waals surface area contributed by atoms with Crippen molar-refractivity contribution >= 4 is 29.5 Å². The number of hydrogen-bond donors (Lipinski definition) is 0. The third-order valence-electron chi connectivity index (χ3n) is 2.36. The maximum Gasteiger partial charge on any atom is 0.187 e. The number of hydrogen-bond acceptors (Lipinski definition) is 2. The van der Waals surface area contributed by atoms with Crippen LogP contribution in [0.5, 0.6) is 0 Å². The van der Waals surface area contributed by atoms with Crippen molar-refractivity contribution in [1.29, 1.82) is 0 Å². The lowest BCUT2D eigenvalue weighted by atomic mass is 10.1. The molecule has 3 nitrogen and oxygen atoms in total. The molecule has 0 saturated carbocycles. The van der Waals surface area contributed by atoms with Gasteiger partial charge in [0.2, 0.25) is 0 Å². The van der Waals surface area contributed by atoms with Crippen LogP contribution in [-0.2, 0) is 4.79 Å². The van der Waals surface area contributed by atoms with Crippen LogP contribution < -0.4 is 5.11 Å². The van der Waals surface area contributed by atoms with E-state index in [1.165, 1.54) is 13.8 Å². The van der Waals surface area contributed by atoms with Crippen molar-refractivity contribution in [1.82, 2.24) is 0 Å². The lowest BCUT2D eigenvalue weighted by Crippen LogP contribution is -2.59. The Morgan fingerprint density at radius 3 is 2.21 bits per heavy atom. The van der Waals surface area contributed by atoms with Gasteiger partial charge in [-0.05, 0) is 26.7 Å². The molecule has 0 bridgehead atoms. The molecule has 5 heteroatoms. The highest BCUT2D eigenvalue weighted by molar-refractivity contribution is 6.24. The zero-order valence-corrected chi connectivity index (χ0v) is 10.4. The van der Waals surface area contributed by atoms with E-state index in [-0.39, 0.29) is 0 Å². The monoisotopic (exact) mass is 241 g/mol. The number of rotatable bonds is 6. The Bertz CT molecular complexity index is 205. The van der Waals surface area contributed by atoms with Crippen LogP contribution in [0.4, 0.5) is 0 Å². The Balaban J connectivity index is 4.36. The van der Waals surface area contributed by atoms with Crippen LogP contribution >= 0.6 is 23.6 Å². The van der Waals surface area contributed by atoms with Gasteiger partial charge in [-0.3, -0.25) is 0 Å². The summed E-state index contributed by atoms with van der Waals surface area (Å²) in [6.07, 6.45) is 2.84. The molecular formula is C9H17Cl2NO2. The average molecular weight is 242 g/mol. The highest BCUT2D eigenvalue weighted by Crippen LogP contribution is 2.32. The molecular weight excluding hydrogens is 225 g/mol. The number of nitrogens with zero attached hydrogens (tertiary/aromatic N) is 1. The Morgan fingerprint density at radius 1 is 1.36 bits per heavy atom. The molecule has 0 rings (SSSR count). The first kappa shape index (κ1) is 14.0. The van der Waals surface area contributed by atoms with Gasteiger partial charge in [0.1, 0.15) is 12.5 Å². The number of carboxylic acids is 1. The molecule has 0 fully saturated rings. The first-order valence-corrected chi connectivity index (χ1v) is 5.42. The van der Waals surface area contributed by atoms with Crippen molar-refractivity contribution in [2.24, 2.45) is 0 Å². The molecule has 0 aromatic rings. The number of aliphatic carboxylic acids is 1. The van der Waals surface area contributed by atoms with Crippen LogP contribution in [-0.4, -0.2) is 21.6 Å². The molecule has 0 radical (unpaired) electrons. The maximum atomic E-state index is 10.8. The summed E-state index contributed by atoms with van der Waals surface area (Å²) in [6.45, 7) is 5.40. The van der Waals surface area contributed by atoms with E-state index in [1.54, 1.807) is 0 Å². The third-order valence-corrected chi connectivity index (χ3v) is 3.54. The molecule has 0 atom stereocenters. The molecule has 0 aromatic heterocycles. The summed E-state index contributed by atoms with van der Waals surface area (Å²) in [5, 5.41) is 10.8. The molecule has 0 N–H and O–H groups in total. The summed E-state index contributed by atoms with van der Waals surface area (Å²) in [6, 6.07) is 0. The largest absolute Gasteiger partial charge is 0.544 e. The summed E-state index contributed by atoms with van der Waals surface area (Å²) in [4.78, 5) is 10.8. The Kier molecular flexibility index (Phi) is 5.20. The Labute approximate surface area is 95.4 Å². The number of carbonyl (C=O) groups excluding carboxylic acids is 1. The highest BCUT2D eigenvalue weighted by atomic mass is 35.5. The van der Waals surface area contributed by atoms with E-state index < -0.39 is 15.0 Å². The van der Waals surface area contributed by atoms with E-state index in [0.29, 0.717) is 6.54 Å². The molecule has 84 valence electrons. The topological polar surface area (TPSA) is 40.1 Å². The van der Waals surface area contributed by atoms with Gasteiger partial charge in [0, 0.05) is 0 Å². The lowest BCUT2D eigenvalue weighted by molar-refractivity contribution is -0.745. The second-order valence-corrected chi connectivity index (χ2v) is 5.23. The van der Waals surface area contributed by atoms with Crippen LogP contribution in [0.3, 0.4) is 0 Å². The van der Waals surface area contributed by atoms with Crippen LogP contribution in [0.1, 0.15) is 40.0 Å². The van der Waals surface area contributed by atoms with E-state index in [1.807, 2.05) is 0 Å². The smallest absolute Gasteiger partial charge is 0.187 e. The van der Waals surface area contributed by atoms with Crippen molar-refractivity contribution in [3.8, 4) is 0 Å². The van der Waals surface area contributed by atoms with E-state index in [4.69, 9.17) is 23.6 Å². The van der Waals surface area contributed by atoms with Crippen molar-refractivity contribution in [2.75, 3.05) is 6.54 Å². The Hall–Kier alpha value is 0.01000. The van der Waals surface area contributed by atoms with E-state index >= 15 is 0 Å². The standard InChI is InChI=1S/C9H17Cl2NO2/c1-4-5-6-7-12(10,11)9(2,3)8(13)14/h4-7H2,1-3H3. The second-order valence-electron chi connectivity index (χ2n) is 3.91. The molecule has 0 aliphatic rings. The van der Waals surface area contributed by atoms with Crippen LogP contribution in [0.2, 0.25) is 0 Å². The van der Waals surface area contributed by atoms with E-state index in [2.05, 4.69) is 6.92 Å². The molecule has 0 saturated heterocycles. The number of carbonyl (C=O) groups is 1. The van der Waals surface area contributed by atoms with Gasteiger partial charge in [0.15, 0.2) is 29.1 Å². The average Bonchev–Trinajstić information content (AvgIpc) is 2.04. The summed E-state index contributed by atoms with van der Waals surface area (Å²) in [7, 11) is 0. The van der Waals surface area contributed by atoms with Crippen LogP contribution in [0.15, 0.2) is 0 Å². The summed E-state index contributed by atoms with van der Waals surface area (Å²) in [5.74, 6) is -1.24. The molecule has 14 heavy (non-hydrogen) atoms. The van der Waals surface area contributed by atoms with E-state index in [9.17, 15) is 9.90 Å². The summed E-state index contributed by atoms with van der Waals surface area (Å²) in [5.41, 5.74) is -1.28. The summed E-state index contributed by atoms with van der Waals surface area (Å²) >= 11 is 11.9. The number of unbranched alkanes of at least 4 members (excludes halogenated alkanes) is 2. The quantitative estimate of drug-likeness (QED) is 0.526. The van der Waals surface area contributed by atoms with Gasteiger partial charge >= 0.3 is 0 Å². The van der Waals surface area contributed by atoms with E-state index in [0.717, 1.165) is 19.3 Å². The van der Waals surface area contributed by atoms with Crippen molar-refractivity contribution in [3.05, 3.63) is 0 Å². The first-order chi connectivity index (χ1) is 6.25. The minimum absolute atomic E-state index is 0.415. The molecule has 0 amide bonds. The molecule has 0 aromatic carbocycles. The summed E-state index contributed by atoms with van der Waals surface area (Å²) < 4.78 is -0.574. The minimum Gasteiger partial charge on any atom is -0.544 e. The van der Waals surface area contributed by atoms with Crippen molar-refractivity contribution in [3.63, 3.8) is 0 Å². The van der Waals surface area contributed by atoms with Gasteiger partial charge in [-0.2, -0.15) is 0 Å². The first-order valence-electron chi connectivity index (χ1n) is 4.74. The van der Waals surface area contributed by atoms with Crippen molar-refractivity contribution < 1.29 is 13.4 Å². The normalized spacial score (nSPS) is 12.9. The molecule has 0 heterocycles. The van der Waals surface area contributed by atoms with Gasteiger partial charge < -0.3 is 9.90 Å². The fourth-order valence-corrected chi connectivity index (χ4v) is 1.35. The Morgan fingerprint density at radius 2 is 1.86 bits per heavy atom. The van der Waals surface area contributed by atoms with Gasteiger partial charge in [-0.15, -0.1) is 3.52 Å². The lowest BCUT2D eigenvalue weighted by Gasteiger charge is -2.36. The van der Waals surface area contributed by atoms with Gasteiger partial charge in [-0.25, -0.2) is 0 Å². The van der Waals surface area contributed by atoms with Crippen LogP contribution in [0.25, 0.3) is 0 Å². The second kappa shape index (κ2) is 5.19. The fraction of sp³-hybridized carbons (Fsp3) is 0.889. The number of halogens is 2. The minimum atomic E-state index is -1.28. The molecule has 0 unspecified atom stereocenters. The molecule has 0 aliphatic heterocycles. The predicted octanol–water partition coefficient (Wildman–Crippen LogP) is 1.83. The zero-order chi connectivity index (χ0) is 11.4. The number of carboxylic acid groups (broad SMARTS) is 1.